The lowest BCUT2D eigenvalue weighted by atomic mass is 9.85. The molecule has 90 valence electrons. The van der Waals surface area contributed by atoms with Crippen LogP contribution < -0.4 is 5.73 Å². The van der Waals surface area contributed by atoms with Gasteiger partial charge in [0.25, 0.3) is 0 Å². The first-order valence-corrected chi connectivity index (χ1v) is 6.15. The van der Waals surface area contributed by atoms with E-state index >= 15 is 0 Å². The fourth-order valence-corrected chi connectivity index (χ4v) is 2.31. The Labute approximate surface area is 103 Å². The second-order valence-corrected chi connectivity index (χ2v) is 5.11. The number of allylic oxidation sites excluding steroid dienone is 2. The molecule has 2 nitrogen and oxygen atoms in total. The molecule has 2 rings (SSSR count). The highest BCUT2D eigenvalue weighted by Crippen LogP contribution is 2.30. The molecule has 0 saturated carbocycles. The first-order valence-electron chi connectivity index (χ1n) is 6.15. The van der Waals surface area contributed by atoms with Gasteiger partial charge in [-0.3, -0.25) is 4.79 Å². The molecular formula is C15H19NO. The second-order valence-electron chi connectivity index (χ2n) is 5.11. The molecule has 1 aliphatic carbocycles. The van der Waals surface area contributed by atoms with Gasteiger partial charge in [0.15, 0.2) is 5.78 Å². The molecule has 0 aromatic heterocycles. The number of nitrogens with two attached hydrogens (primary N) is 1. The lowest BCUT2D eigenvalue weighted by Gasteiger charge is -2.20. The number of carbonyl (C=O) groups excluding carboxylic acids is 1. The van der Waals surface area contributed by atoms with Crippen molar-refractivity contribution in [2.75, 3.05) is 0 Å². The molecule has 1 aliphatic rings. The Hall–Kier alpha value is -1.57. The number of hydrogen-bond acceptors (Lipinski definition) is 2. The zero-order chi connectivity index (χ0) is 12.4. The fraction of sp³-hybridized carbons (Fsp3) is 0.400. The Morgan fingerprint density at radius 3 is 2.35 bits per heavy atom. The number of benzene rings is 1. The molecule has 0 spiro atoms. The van der Waals surface area contributed by atoms with Gasteiger partial charge in [0.1, 0.15) is 0 Å². The lowest BCUT2D eigenvalue weighted by molar-refractivity contribution is -0.115. The summed E-state index contributed by atoms with van der Waals surface area (Å²) in [4.78, 5) is 11.5. The summed E-state index contributed by atoms with van der Waals surface area (Å²) in [7, 11) is 0. The van der Waals surface area contributed by atoms with Crippen LogP contribution in [0.1, 0.15) is 49.7 Å². The van der Waals surface area contributed by atoms with Crippen LogP contribution in [-0.2, 0) is 4.79 Å². The quantitative estimate of drug-likeness (QED) is 0.846. The van der Waals surface area contributed by atoms with Gasteiger partial charge in [0.05, 0.1) is 0 Å². The normalized spacial score (nSPS) is 20.5. The third-order valence-corrected chi connectivity index (χ3v) is 3.35. The van der Waals surface area contributed by atoms with Crippen molar-refractivity contribution in [3.63, 3.8) is 0 Å². The van der Waals surface area contributed by atoms with Crippen molar-refractivity contribution in [1.29, 1.82) is 0 Å². The van der Waals surface area contributed by atoms with E-state index in [-0.39, 0.29) is 11.7 Å². The molecule has 2 N–H and O–H groups in total. The number of carbonyl (C=O) groups is 1. The molecule has 0 amide bonds. The molecule has 0 unspecified atom stereocenters. The summed E-state index contributed by atoms with van der Waals surface area (Å²) in [5.74, 6) is 0.947. The molecule has 0 aliphatic heterocycles. The lowest BCUT2D eigenvalue weighted by Crippen LogP contribution is -2.16. The van der Waals surface area contributed by atoms with E-state index in [0.29, 0.717) is 18.0 Å². The molecule has 1 aromatic carbocycles. The number of ketones is 1. The van der Waals surface area contributed by atoms with Gasteiger partial charge >= 0.3 is 0 Å². The SMILES string of the molecule is CC(C)c1ccc([C@H]2CC(=O)C=C(N)C2)cc1. The Morgan fingerprint density at radius 2 is 1.82 bits per heavy atom. The van der Waals surface area contributed by atoms with Crippen LogP contribution in [0.4, 0.5) is 0 Å². The second kappa shape index (κ2) is 4.74. The maximum Gasteiger partial charge on any atom is 0.158 e. The predicted molar refractivity (Wildman–Crippen MR) is 69.8 cm³/mol. The molecular weight excluding hydrogens is 210 g/mol. The average molecular weight is 229 g/mol. The molecule has 0 bridgehead atoms. The van der Waals surface area contributed by atoms with Crippen LogP contribution in [0.25, 0.3) is 0 Å². The van der Waals surface area contributed by atoms with Gasteiger partial charge in [0.2, 0.25) is 0 Å². The zero-order valence-corrected chi connectivity index (χ0v) is 10.4. The van der Waals surface area contributed by atoms with Crippen LogP contribution in [0.3, 0.4) is 0 Å². The topological polar surface area (TPSA) is 43.1 Å². The smallest absolute Gasteiger partial charge is 0.158 e. The monoisotopic (exact) mass is 229 g/mol. The van der Waals surface area contributed by atoms with E-state index in [4.69, 9.17) is 5.73 Å². The third kappa shape index (κ3) is 2.76. The van der Waals surface area contributed by atoms with Gasteiger partial charge in [-0.15, -0.1) is 0 Å². The van der Waals surface area contributed by atoms with Crippen molar-refractivity contribution in [3.05, 3.63) is 47.2 Å². The summed E-state index contributed by atoms with van der Waals surface area (Å²) >= 11 is 0. The zero-order valence-electron chi connectivity index (χ0n) is 10.4. The maximum atomic E-state index is 11.5. The van der Waals surface area contributed by atoms with E-state index in [1.807, 2.05) is 0 Å². The summed E-state index contributed by atoms with van der Waals surface area (Å²) in [5, 5.41) is 0. The van der Waals surface area contributed by atoms with Crippen molar-refractivity contribution in [2.24, 2.45) is 5.73 Å². The summed E-state index contributed by atoms with van der Waals surface area (Å²) in [6.45, 7) is 4.36. The number of rotatable bonds is 2. The van der Waals surface area contributed by atoms with E-state index < -0.39 is 0 Å². The highest BCUT2D eigenvalue weighted by Gasteiger charge is 2.20. The minimum atomic E-state index is 0.145. The number of hydrogen-bond donors (Lipinski definition) is 1. The van der Waals surface area contributed by atoms with Crippen LogP contribution in [0.5, 0.6) is 0 Å². The van der Waals surface area contributed by atoms with E-state index in [1.54, 1.807) is 6.08 Å². The Morgan fingerprint density at radius 1 is 1.18 bits per heavy atom. The highest BCUT2D eigenvalue weighted by molar-refractivity contribution is 5.91. The van der Waals surface area contributed by atoms with E-state index in [2.05, 4.69) is 38.1 Å². The molecule has 1 aromatic rings. The molecule has 0 radical (unpaired) electrons. The van der Waals surface area contributed by atoms with Crippen molar-refractivity contribution in [3.8, 4) is 0 Å². The summed E-state index contributed by atoms with van der Waals surface area (Å²) < 4.78 is 0. The van der Waals surface area contributed by atoms with Gasteiger partial charge in [-0.05, 0) is 35.5 Å². The van der Waals surface area contributed by atoms with Crippen molar-refractivity contribution < 1.29 is 4.79 Å². The van der Waals surface area contributed by atoms with Crippen molar-refractivity contribution in [2.45, 2.75) is 38.5 Å². The molecule has 0 fully saturated rings. The predicted octanol–water partition coefficient (Wildman–Crippen LogP) is 3.10. The van der Waals surface area contributed by atoms with Gasteiger partial charge in [-0.25, -0.2) is 0 Å². The molecule has 1 atom stereocenters. The molecule has 2 heteroatoms. The average Bonchev–Trinajstić information content (AvgIpc) is 2.28. The summed E-state index contributed by atoms with van der Waals surface area (Å²) in [5.41, 5.74) is 9.03. The van der Waals surface area contributed by atoms with Gasteiger partial charge in [0, 0.05) is 12.1 Å². The van der Waals surface area contributed by atoms with Crippen LogP contribution in [-0.4, -0.2) is 5.78 Å². The van der Waals surface area contributed by atoms with Gasteiger partial charge < -0.3 is 5.73 Å². The first kappa shape index (κ1) is 11.9. The van der Waals surface area contributed by atoms with Crippen molar-refractivity contribution >= 4 is 5.78 Å². The maximum absolute atomic E-state index is 11.5. The minimum absolute atomic E-state index is 0.145. The van der Waals surface area contributed by atoms with Crippen LogP contribution in [0.15, 0.2) is 36.0 Å². The van der Waals surface area contributed by atoms with E-state index in [0.717, 1.165) is 6.42 Å². The molecule has 0 heterocycles. The Bertz CT molecular complexity index is 442. The largest absolute Gasteiger partial charge is 0.402 e. The van der Waals surface area contributed by atoms with Crippen LogP contribution >= 0.6 is 0 Å². The van der Waals surface area contributed by atoms with Gasteiger partial charge in [-0.1, -0.05) is 38.1 Å². The third-order valence-electron chi connectivity index (χ3n) is 3.35. The molecule has 0 saturated heterocycles. The van der Waals surface area contributed by atoms with Gasteiger partial charge in [-0.2, -0.15) is 0 Å². The Kier molecular flexibility index (Phi) is 3.32. The van der Waals surface area contributed by atoms with Crippen LogP contribution in [0.2, 0.25) is 0 Å². The minimum Gasteiger partial charge on any atom is -0.402 e. The fourth-order valence-electron chi connectivity index (χ4n) is 2.31. The van der Waals surface area contributed by atoms with E-state index in [9.17, 15) is 4.79 Å². The summed E-state index contributed by atoms with van der Waals surface area (Å²) in [6.07, 6.45) is 2.95. The van der Waals surface area contributed by atoms with Crippen LogP contribution in [0, 0.1) is 0 Å². The molecule has 17 heavy (non-hydrogen) atoms. The summed E-state index contributed by atoms with van der Waals surface area (Å²) in [6, 6.07) is 8.57. The van der Waals surface area contributed by atoms with Crippen molar-refractivity contribution in [1.82, 2.24) is 0 Å². The first-order chi connectivity index (χ1) is 8.06. The highest BCUT2D eigenvalue weighted by atomic mass is 16.1. The van der Waals surface area contributed by atoms with E-state index in [1.165, 1.54) is 11.1 Å². The Balaban J connectivity index is 2.18. The standard InChI is InChI=1S/C15H19NO/c1-10(2)11-3-5-12(6-4-11)13-7-14(16)9-15(17)8-13/h3-6,9-10,13H,7-8,16H2,1-2H3/t13-/m1/s1.